The summed E-state index contributed by atoms with van der Waals surface area (Å²) in [6.45, 7) is 4.43. The van der Waals surface area contributed by atoms with E-state index in [9.17, 15) is 9.90 Å². The summed E-state index contributed by atoms with van der Waals surface area (Å²) in [5.74, 6) is 0.908. The van der Waals surface area contributed by atoms with Gasteiger partial charge < -0.3 is 19.3 Å². The highest BCUT2D eigenvalue weighted by atomic mass is 35.5. The molecule has 2 aromatic heterocycles. The molecule has 3 heterocycles. The van der Waals surface area contributed by atoms with Gasteiger partial charge in [-0.15, -0.1) is 0 Å². The number of para-hydroxylation sites is 1. The molecule has 4 aromatic rings. The van der Waals surface area contributed by atoms with E-state index >= 15 is 0 Å². The van der Waals surface area contributed by atoms with Gasteiger partial charge in [-0.2, -0.15) is 5.10 Å². The molecule has 1 aliphatic heterocycles. The molecule has 0 bridgehead atoms. The number of carbonyl (C=O) groups is 1. The van der Waals surface area contributed by atoms with E-state index in [1.54, 1.807) is 18.9 Å². The first kappa shape index (κ1) is 24.9. The Morgan fingerprint density at radius 1 is 1.16 bits per heavy atom. The molecule has 0 radical (unpaired) electrons. The SMILES string of the molecule is COc1cccc(C2OC(CCn3cc(C(=O)O)cn3)c3nc(C)c(C)n3-c3ccc(Cl)cc32)c1OC. The molecule has 192 valence electrons. The molecule has 0 aliphatic carbocycles. The second-order valence-corrected chi connectivity index (χ2v) is 9.29. The van der Waals surface area contributed by atoms with Crippen LogP contribution in [0.3, 0.4) is 0 Å². The number of benzene rings is 2. The van der Waals surface area contributed by atoms with Crippen molar-refractivity contribution in [1.82, 2.24) is 19.3 Å². The van der Waals surface area contributed by atoms with Gasteiger partial charge in [0, 0.05) is 41.0 Å². The molecule has 1 N–H and O–H groups in total. The molecule has 0 fully saturated rings. The molecule has 2 aromatic carbocycles. The number of carboxylic acid groups (broad SMARTS) is 1. The maximum atomic E-state index is 11.3. The smallest absolute Gasteiger partial charge is 0.338 e. The van der Waals surface area contributed by atoms with Crippen molar-refractivity contribution in [2.45, 2.75) is 39.0 Å². The number of imidazole rings is 1. The number of carboxylic acids is 1. The lowest BCUT2D eigenvalue weighted by atomic mass is 9.98. The molecule has 10 heteroatoms. The summed E-state index contributed by atoms with van der Waals surface area (Å²) >= 11 is 6.50. The van der Waals surface area contributed by atoms with E-state index in [1.165, 1.54) is 12.4 Å². The van der Waals surface area contributed by atoms with E-state index in [2.05, 4.69) is 9.67 Å². The lowest BCUT2D eigenvalue weighted by Crippen LogP contribution is -2.15. The summed E-state index contributed by atoms with van der Waals surface area (Å²) in [5, 5.41) is 14.1. The quantitative estimate of drug-likeness (QED) is 0.351. The van der Waals surface area contributed by atoms with Crippen LogP contribution in [-0.2, 0) is 11.3 Å². The number of halogens is 1. The van der Waals surface area contributed by atoms with Crippen LogP contribution in [0.2, 0.25) is 5.02 Å². The van der Waals surface area contributed by atoms with Crippen LogP contribution in [0.5, 0.6) is 11.5 Å². The first-order valence-corrected chi connectivity index (χ1v) is 12.2. The zero-order valence-corrected chi connectivity index (χ0v) is 21.7. The topological polar surface area (TPSA) is 101 Å². The highest BCUT2D eigenvalue weighted by Gasteiger charge is 2.35. The van der Waals surface area contributed by atoms with Gasteiger partial charge in [-0.1, -0.05) is 23.7 Å². The minimum atomic E-state index is -1.02. The van der Waals surface area contributed by atoms with Gasteiger partial charge in [0.2, 0.25) is 0 Å². The summed E-state index contributed by atoms with van der Waals surface area (Å²) in [6, 6.07) is 11.4. The van der Waals surface area contributed by atoms with E-state index in [-0.39, 0.29) is 5.56 Å². The zero-order valence-electron chi connectivity index (χ0n) is 20.9. The van der Waals surface area contributed by atoms with Crippen LogP contribution in [0.15, 0.2) is 48.8 Å². The highest BCUT2D eigenvalue weighted by Crippen LogP contribution is 2.46. The monoisotopic (exact) mass is 522 g/mol. The average molecular weight is 523 g/mol. The fraction of sp³-hybridized carbons (Fsp3) is 0.296. The Bertz CT molecular complexity index is 1480. The van der Waals surface area contributed by atoms with E-state index < -0.39 is 18.2 Å². The van der Waals surface area contributed by atoms with Crippen molar-refractivity contribution in [2.24, 2.45) is 0 Å². The zero-order chi connectivity index (χ0) is 26.3. The summed E-state index contributed by atoms with van der Waals surface area (Å²) in [4.78, 5) is 16.2. The molecule has 0 amide bonds. The minimum Gasteiger partial charge on any atom is -0.493 e. The number of fused-ring (bicyclic) bond motifs is 3. The maximum absolute atomic E-state index is 11.3. The van der Waals surface area contributed by atoms with E-state index in [0.717, 1.165) is 34.0 Å². The maximum Gasteiger partial charge on any atom is 0.338 e. The second kappa shape index (κ2) is 9.91. The van der Waals surface area contributed by atoms with Gasteiger partial charge in [-0.25, -0.2) is 9.78 Å². The predicted octanol–water partition coefficient (Wildman–Crippen LogP) is 5.31. The van der Waals surface area contributed by atoms with Crippen molar-refractivity contribution in [2.75, 3.05) is 14.2 Å². The number of aromatic nitrogens is 4. The molecule has 2 atom stereocenters. The largest absolute Gasteiger partial charge is 0.493 e. The predicted molar refractivity (Wildman–Crippen MR) is 137 cm³/mol. The summed E-state index contributed by atoms with van der Waals surface area (Å²) < 4.78 is 21.9. The van der Waals surface area contributed by atoms with Crippen LogP contribution < -0.4 is 9.47 Å². The Labute approximate surface area is 219 Å². The molecule has 0 saturated heterocycles. The van der Waals surface area contributed by atoms with Gasteiger partial charge in [0.05, 0.1) is 37.4 Å². The summed E-state index contributed by atoms with van der Waals surface area (Å²) in [6.07, 6.45) is 2.36. The molecule has 9 nitrogen and oxygen atoms in total. The first-order valence-electron chi connectivity index (χ1n) is 11.8. The number of methoxy groups -OCH3 is 2. The van der Waals surface area contributed by atoms with Gasteiger partial charge in [0.15, 0.2) is 11.5 Å². The molecular weight excluding hydrogens is 496 g/mol. The van der Waals surface area contributed by atoms with Gasteiger partial charge in [-0.05, 0) is 38.1 Å². The molecule has 0 saturated carbocycles. The number of hydrogen-bond donors (Lipinski definition) is 1. The van der Waals surface area contributed by atoms with Crippen molar-refractivity contribution in [1.29, 1.82) is 0 Å². The Morgan fingerprint density at radius 2 is 1.97 bits per heavy atom. The van der Waals surface area contributed by atoms with Gasteiger partial charge in [-0.3, -0.25) is 9.25 Å². The highest BCUT2D eigenvalue weighted by molar-refractivity contribution is 6.30. The van der Waals surface area contributed by atoms with Gasteiger partial charge in [0.1, 0.15) is 18.0 Å². The molecule has 2 unspecified atom stereocenters. The van der Waals surface area contributed by atoms with Crippen LogP contribution in [0.4, 0.5) is 0 Å². The Balaban J connectivity index is 1.65. The molecule has 0 spiro atoms. The molecule has 37 heavy (non-hydrogen) atoms. The third-order valence-electron chi connectivity index (χ3n) is 6.69. The van der Waals surface area contributed by atoms with Gasteiger partial charge in [0.25, 0.3) is 0 Å². The number of aromatic carboxylic acids is 1. The minimum absolute atomic E-state index is 0.135. The number of hydrogen-bond acceptors (Lipinski definition) is 6. The van der Waals surface area contributed by atoms with Crippen molar-refractivity contribution in [3.63, 3.8) is 0 Å². The van der Waals surface area contributed by atoms with Crippen molar-refractivity contribution < 1.29 is 24.1 Å². The second-order valence-electron chi connectivity index (χ2n) is 8.85. The van der Waals surface area contributed by atoms with Crippen molar-refractivity contribution in [3.8, 4) is 17.2 Å². The fourth-order valence-electron chi connectivity index (χ4n) is 4.80. The Morgan fingerprint density at radius 3 is 2.68 bits per heavy atom. The third-order valence-corrected chi connectivity index (χ3v) is 6.92. The first-order chi connectivity index (χ1) is 17.8. The molecule has 1 aliphatic rings. The summed E-state index contributed by atoms with van der Waals surface area (Å²) in [7, 11) is 3.20. The summed E-state index contributed by atoms with van der Waals surface area (Å²) in [5.41, 5.74) is 4.61. The number of rotatable bonds is 7. The van der Waals surface area contributed by atoms with Crippen LogP contribution in [0, 0.1) is 13.8 Å². The van der Waals surface area contributed by atoms with Crippen molar-refractivity contribution in [3.05, 3.63) is 87.7 Å². The van der Waals surface area contributed by atoms with Crippen LogP contribution in [0.1, 0.15) is 57.3 Å². The van der Waals surface area contributed by atoms with Crippen LogP contribution in [0.25, 0.3) is 5.69 Å². The number of nitrogens with zero attached hydrogens (tertiary/aromatic N) is 4. The molecule has 5 rings (SSSR count). The van der Waals surface area contributed by atoms with Crippen LogP contribution >= 0.6 is 11.6 Å². The third kappa shape index (κ3) is 4.45. The standard InChI is InChI=1S/C27H27ClN4O5/c1-15-16(2)32-21-9-8-18(28)12-20(21)24(19-6-5-7-22(35-3)25(19)36-4)37-23(26(32)30-15)10-11-31-14-17(13-29-31)27(33)34/h5-9,12-14,23-24H,10-11H2,1-4H3,(H,33,34). The Hall–Kier alpha value is -3.82. The van der Waals surface area contributed by atoms with Crippen LogP contribution in [-0.4, -0.2) is 44.6 Å². The molecular formula is C27H27ClN4O5. The normalized spacial score (nSPS) is 16.6. The van der Waals surface area contributed by atoms with Gasteiger partial charge >= 0.3 is 5.97 Å². The number of aryl methyl sites for hydroxylation is 2. The Kier molecular flexibility index (Phi) is 6.66. The fourth-order valence-corrected chi connectivity index (χ4v) is 4.98. The van der Waals surface area contributed by atoms with E-state index in [1.807, 2.05) is 50.2 Å². The van der Waals surface area contributed by atoms with Crippen molar-refractivity contribution >= 4 is 17.6 Å². The lowest BCUT2D eigenvalue weighted by Gasteiger charge is -2.25. The van der Waals surface area contributed by atoms with E-state index in [0.29, 0.717) is 29.5 Å². The lowest BCUT2D eigenvalue weighted by molar-refractivity contribution is -0.00415. The average Bonchev–Trinajstić information content (AvgIpc) is 3.45. The number of ether oxygens (including phenoxy) is 3. The van der Waals surface area contributed by atoms with E-state index in [4.69, 9.17) is 30.8 Å².